The number of rotatable bonds is 16. The minimum atomic E-state index is -0.0172. The lowest BCUT2D eigenvalue weighted by Gasteiger charge is -2.33. The molecular weight excluding hydrogens is 348 g/mol. The molecule has 0 bridgehead atoms. The molecule has 4 nitrogen and oxygen atoms in total. The molecule has 4 heteroatoms. The maximum atomic E-state index is 12.9. The molecule has 1 aromatic rings. The number of hydrogen-bond acceptors (Lipinski definition) is 4. The Bertz CT molecular complexity index is 495. The van der Waals surface area contributed by atoms with E-state index in [1.807, 2.05) is 6.07 Å². The van der Waals surface area contributed by atoms with Gasteiger partial charge in [0.1, 0.15) is 0 Å². The zero-order valence-electron chi connectivity index (χ0n) is 18.1. The van der Waals surface area contributed by atoms with Gasteiger partial charge in [-0.15, -0.1) is 0 Å². The van der Waals surface area contributed by atoms with E-state index in [1.165, 1.54) is 70.6 Å². The van der Waals surface area contributed by atoms with Gasteiger partial charge in [-0.05, 0) is 18.6 Å². The average molecular weight is 391 g/mol. The SMILES string of the molecule is CCCCCCCCCCCCCCC(C(=O)c1ccco1)N1CCNCC1. The average Bonchev–Trinajstić information content (AvgIpc) is 3.27. The third kappa shape index (κ3) is 8.91. The van der Waals surface area contributed by atoms with Gasteiger partial charge in [-0.25, -0.2) is 0 Å². The summed E-state index contributed by atoms with van der Waals surface area (Å²) in [5.41, 5.74) is 0. The largest absolute Gasteiger partial charge is 0.461 e. The summed E-state index contributed by atoms with van der Waals surface area (Å²) < 4.78 is 5.39. The lowest BCUT2D eigenvalue weighted by molar-refractivity contribution is 0.0749. The highest BCUT2D eigenvalue weighted by Gasteiger charge is 2.28. The van der Waals surface area contributed by atoms with E-state index >= 15 is 0 Å². The summed E-state index contributed by atoms with van der Waals surface area (Å²) in [6.45, 7) is 6.13. The molecule has 28 heavy (non-hydrogen) atoms. The molecule has 1 atom stereocenters. The van der Waals surface area contributed by atoms with Crippen LogP contribution in [0, 0.1) is 0 Å². The second kappa shape index (κ2) is 14.8. The molecule has 160 valence electrons. The van der Waals surface area contributed by atoms with Crippen molar-refractivity contribution >= 4 is 5.78 Å². The standard InChI is InChI=1S/C24H42N2O2/c1-2-3-4-5-6-7-8-9-10-11-12-13-15-22(26-19-17-25-18-20-26)24(27)23-16-14-21-28-23/h14,16,21-22,25H,2-13,15,17-20H2,1H3. The summed E-state index contributed by atoms with van der Waals surface area (Å²) in [4.78, 5) is 15.2. The molecule has 0 radical (unpaired) electrons. The fourth-order valence-corrected chi connectivity index (χ4v) is 4.23. The molecule has 1 unspecified atom stereocenters. The smallest absolute Gasteiger partial charge is 0.215 e. The number of piperazine rings is 1. The van der Waals surface area contributed by atoms with Crippen molar-refractivity contribution in [1.82, 2.24) is 10.2 Å². The highest BCUT2D eigenvalue weighted by Crippen LogP contribution is 2.18. The van der Waals surface area contributed by atoms with Gasteiger partial charge in [-0.3, -0.25) is 9.69 Å². The maximum Gasteiger partial charge on any atom is 0.215 e. The lowest BCUT2D eigenvalue weighted by Crippen LogP contribution is -2.51. The van der Waals surface area contributed by atoms with Gasteiger partial charge in [0, 0.05) is 26.2 Å². The predicted octanol–water partition coefficient (Wildman–Crippen LogP) is 5.83. The molecule has 1 aliphatic rings. The molecule has 1 saturated heterocycles. The summed E-state index contributed by atoms with van der Waals surface area (Å²) in [5, 5.41) is 3.38. The van der Waals surface area contributed by atoms with Crippen molar-refractivity contribution in [3.05, 3.63) is 24.2 Å². The van der Waals surface area contributed by atoms with Crippen LogP contribution >= 0.6 is 0 Å². The molecule has 2 rings (SSSR count). The van der Waals surface area contributed by atoms with Crippen LogP contribution in [0.2, 0.25) is 0 Å². The molecular formula is C24H42N2O2. The van der Waals surface area contributed by atoms with E-state index in [0.29, 0.717) is 5.76 Å². The first-order valence-electron chi connectivity index (χ1n) is 11.9. The van der Waals surface area contributed by atoms with E-state index in [0.717, 1.165) is 39.0 Å². The highest BCUT2D eigenvalue weighted by molar-refractivity contribution is 5.97. The van der Waals surface area contributed by atoms with Crippen molar-refractivity contribution in [3.63, 3.8) is 0 Å². The van der Waals surface area contributed by atoms with Gasteiger partial charge in [-0.1, -0.05) is 84.0 Å². The minimum Gasteiger partial charge on any atom is -0.461 e. The van der Waals surface area contributed by atoms with Crippen LogP contribution in [0.4, 0.5) is 0 Å². The van der Waals surface area contributed by atoms with Gasteiger partial charge >= 0.3 is 0 Å². The van der Waals surface area contributed by atoms with Crippen LogP contribution < -0.4 is 5.32 Å². The third-order valence-corrected chi connectivity index (χ3v) is 5.99. The third-order valence-electron chi connectivity index (χ3n) is 5.99. The van der Waals surface area contributed by atoms with E-state index in [1.54, 1.807) is 12.3 Å². The Morgan fingerprint density at radius 3 is 2.07 bits per heavy atom. The fraction of sp³-hybridized carbons (Fsp3) is 0.792. The highest BCUT2D eigenvalue weighted by atomic mass is 16.3. The van der Waals surface area contributed by atoms with Crippen molar-refractivity contribution in [2.75, 3.05) is 26.2 Å². The molecule has 0 aliphatic carbocycles. The van der Waals surface area contributed by atoms with Crippen molar-refractivity contribution in [3.8, 4) is 0 Å². The maximum absolute atomic E-state index is 12.9. The zero-order valence-corrected chi connectivity index (χ0v) is 18.1. The van der Waals surface area contributed by atoms with Crippen LogP contribution in [0.5, 0.6) is 0 Å². The van der Waals surface area contributed by atoms with Crippen LogP contribution in [0.15, 0.2) is 22.8 Å². The Balaban J connectivity index is 1.58. The van der Waals surface area contributed by atoms with Crippen LogP contribution in [-0.2, 0) is 0 Å². The second-order valence-electron chi connectivity index (χ2n) is 8.32. The Kier molecular flexibility index (Phi) is 12.2. The molecule has 0 saturated carbocycles. The number of carbonyl (C=O) groups excluding carboxylic acids is 1. The first-order valence-corrected chi connectivity index (χ1v) is 11.9. The molecule has 0 aromatic carbocycles. The van der Waals surface area contributed by atoms with Crippen LogP contribution in [0.25, 0.3) is 0 Å². The van der Waals surface area contributed by atoms with E-state index in [-0.39, 0.29) is 11.8 Å². The summed E-state index contributed by atoms with van der Waals surface area (Å²) in [6, 6.07) is 3.60. The quantitative estimate of drug-likeness (QED) is 0.285. The normalized spacial score (nSPS) is 16.3. The summed E-state index contributed by atoms with van der Waals surface area (Å²) in [6.07, 6.45) is 18.8. The van der Waals surface area contributed by atoms with Crippen molar-refractivity contribution < 1.29 is 9.21 Å². The van der Waals surface area contributed by atoms with Crippen molar-refractivity contribution in [2.24, 2.45) is 0 Å². The predicted molar refractivity (Wildman–Crippen MR) is 117 cm³/mol. The van der Waals surface area contributed by atoms with Crippen LogP contribution in [0.1, 0.15) is 101 Å². The number of nitrogens with one attached hydrogen (secondary N) is 1. The second-order valence-corrected chi connectivity index (χ2v) is 8.32. The molecule has 0 spiro atoms. The number of hydrogen-bond donors (Lipinski definition) is 1. The van der Waals surface area contributed by atoms with Gasteiger partial charge in [0.05, 0.1) is 12.3 Å². The first-order chi connectivity index (χ1) is 13.8. The van der Waals surface area contributed by atoms with Crippen LogP contribution in [0.3, 0.4) is 0 Å². The Labute approximate surface area is 172 Å². The van der Waals surface area contributed by atoms with Crippen molar-refractivity contribution in [2.45, 2.75) is 96.4 Å². The molecule has 2 heterocycles. The van der Waals surface area contributed by atoms with E-state index in [4.69, 9.17) is 4.42 Å². The van der Waals surface area contributed by atoms with Gasteiger partial charge in [0.15, 0.2) is 5.76 Å². The fourth-order valence-electron chi connectivity index (χ4n) is 4.23. The Morgan fingerprint density at radius 1 is 0.964 bits per heavy atom. The number of nitrogens with zero attached hydrogens (tertiary/aromatic N) is 1. The topological polar surface area (TPSA) is 45.5 Å². The monoisotopic (exact) mass is 390 g/mol. The number of furan rings is 1. The number of ketones is 1. The molecule has 0 amide bonds. The van der Waals surface area contributed by atoms with E-state index < -0.39 is 0 Å². The molecule has 1 aliphatic heterocycles. The van der Waals surface area contributed by atoms with Gasteiger partial charge in [-0.2, -0.15) is 0 Å². The molecule has 1 aromatic heterocycles. The lowest BCUT2D eigenvalue weighted by atomic mass is 9.99. The number of carbonyl (C=O) groups is 1. The van der Waals surface area contributed by atoms with Crippen molar-refractivity contribution in [1.29, 1.82) is 0 Å². The van der Waals surface area contributed by atoms with Gasteiger partial charge < -0.3 is 9.73 Å². The van der Waals surface area contributed by atoms with Crippen LogP contribution in [-0.4, -0.2) is 42.9 Å². The minimum absolute atomic E-state index is 0.0172. The Morgan fingerprint density at radius 2 is 1.54 bits per heavy atom. The zero-order chi connectivity index (χ0) is 19.9. The summed E-state index contributed by atoms with van der Waals surface area (Å²) in [7, 11) is 0. The summed E-state index contributed by atoms with van der Waals surface area (Å²) in [5.74, 6) is 0.678. The molecule has 1 fully saturated rings. The Hall–Kier alpha value is -1.13. The van der Waals surface area contributed by atoms with E-state index in [2.05, 4.69) is 17.1 Å². The number of Topliss-reactive ketones (excluding diaryl/α,β-unsaturated/α-hetero) is 1. The van der Waals surface area contributed by atoms with Gasteiger partial charge in [0.25, 0.3) is 0 Å². The molecule has 1 N–H and O–H groups in total. The number of unbranched alkanes of at least 4 members (excludes halogenated alkanes) is 11. The van der Waals surface area contributed by atoms with Gasteiger partial charge in [0.2, 0.25) is 5.78 Å². The first kappa shape index (κ1) is 23.2. The van der Waals surface area contributed by atoms with E-state index in [9.17, 15) is 4.79 Å². The summed E-state index contributed by atoms with van der Waals surface area (Å²) >= 11 is 0.